The summed E-state index contributed by atoms with van der Waals surface area (Å²) < 4.78 is 5.87. The van der Waals surface area contributed by atoms with Crippen molar-refractivity contribution in [2.24, 2.45) is 5.10 Å². The molecule has 136 valence electrons. The van der Waals surface area contributed by atoms with Crippen LogP contribution in [0.4, 0.5) is 5.95 Å². The largest absolute Gasteiger partial charge is 0.504 e. The van der Waals surface area contributed by atoms with Crippen molar-refractivity contribution >= 4 is 50.2 Å². The minimum atomic E-state index is -0.00756. The molecule has 4 aromatic rings. The van der Waals surface area contributed by atoms with Crippen LogP contribution in [0.5, 0.6) is 11.5 Å². The van der Waals surface area contributed by atoms with Crippen molar-refractivity contribution in [1.82, 2.24) is 20.2 Å². The predicted molar refractivity (Wildman–Crippen MR) is 108 cm³/mol. The van der Waals surface area contributed by atoms with Gasteiger partial charge < -0.3 is 14.8 Å². The number of ether oxygens (including phenoxy) is 1. The van der Waals surface area contributed by atoms with Crippen LogP contribution in [-0.2, 0) is 0 Å². The summed E-state index contributed by atoms with van der Waals surface area (Å²) in [5.41, 5.74) is 6.63. The molecule has 0 saturated heterocycles. The van der Waals surface area contributed by atoms with E-state index < -0.39 is 0 Å². The van der Waals surface area contributed by atoms with Crippen LogP contribution in [0, 0.1) is 6.92 Å². The quantitative estimate of drug-likeness (QED) is 0.338. The van der Waals surface area contributed by atoms with Crippen LogP contribution in [0.2, 0.25) is 0 Å². The number of hydrogen-bond acceptors (Lipinski definition) is 7. The molecule has 0 aliphatic carbocycles. The summed E-state index contributed by atoms with van der Waals surface area (Å²) in [6.45, 7) is 2.02. The van der Waals surface area contributed by atoms with Crippen LogP contribution in [0.25, 0.3) is 22.1 Å². The summed E-state index contributed by atoms with van der Waals surface area (Å²) in [4.78, 5) is 7.67. The zero-order chi connectivity index (χ0) is 19.0. The second kappa shape index (κ2) is 6.84. The molecule has 0 fully saturated rings. The van der Waals surface area contributed by atoms with E-state index in [2.05, 4.69) is 46.6 Å². The van der Waals surface area contributed by atoms with E-state index in [1.165, 1.54) is 13.3 Å². The monoisotopic (exact) mass is 426 g/mol. The molecule has 0 aliphatic heterocycles. The first-order valence-corrected chi connectivity index (χ1v) is 8.83. The molecule has 8 nitrogen and oxygen atoms in total. The van der Waals surface area contributed by atoms with E-state index in [1.807, 2.05) is 25.1 Å². The van der Waals surface area contributed by atoms with Gasteiger partial charge in [0.25, 0.3) is 5.95 Å². The highest BCUT2D eigenvalue weighted by Gasteiger charge is 2.11. The fraction of sp³-hybridized carbons (Fsp3) is 0.111. The van der Waals surface area contributed by atoms with Crippen molar-refractivity contribution in [3.63, 3.8) is 0 Å². The second-order valence-electron chi connectivity index (χ2n) is 5.87. The number of nitrogens with one attached hydrogen (secondary N) is 2. The van der Waals surface area contributed by atoms with E-state index in [4.69, 9.17) is 4.74 Å². The smallest absolute Gasteiger partial charge is 0.265 e. The molecular formula is C18H15BrN6O2. The lowest BCUT2D eigenvalue weighted by Crippen LogP contribution is -1.99. The lowest BCUT2D eigenvalue weighted by molar-refractivity contribution is 0.373. The summed E-state index contributed by atoms with van der Waals surface area (Å²) in [5.74, 6) is 0.579. The number of hydrazone groups is 1. The normalized spacial score (nSPS) is 11.5. The van der Waals surface area contributed by atoms with E-state index >= 15 is 0 Å². The fourth-order valence-corrected chi connectivity index (χ4v) is 3.25. The summed E-state index contributed by atoms with van der Waals surface area (Å²) in [5, 5.41) is 23.5. The third-order valence-corrected chi connectivity index (χ3v) is 4.57. The van der Waals surface area contributed by atoms with Gasteiger partial charge in [0.2, 0.25) is 0 Å². The van der Waals surface area contributed by atoms with E-state index in [0.717, 1.165) is 20.9 Å². The van der Waals surface area contributed by atoms with Gasteiger partial charge in [-0.2, -0.15) is 10.1 Å². The third-order valence-electron chi connectivity index (χ3n) is 4.12. The van der Waals surface area contributed by atoms with Gasteiger partial charge in [-0.15, -0.1) is 10.2 Å². The van der Waals surface area contributed by atoms with Crippen LogP contribution in [-0.4, -0.2) is 38.6 Å². The lowest BCUT2D eigenvalue weighted by atomic mass is 10.1. The Hall–Kier alpha value is -3.20. The van der Waals surface area contributed by atoms with Crippen molar-refractivity contribution in [1.29, 1.82) is 0 Å². The zero-order valence-electron chi connectivity index (χ0n) is 14.5. The second-order valence-corrected chi connectivity index (χ2v) is 6.79. The number of phenolic OH excluding ortho intramolecular Hbond substituents is 1. The number of H-pyrrole nitrogens is 1. The highest BCUT2D eigenvalue weighted by atomic mass is 79.9. The molecule has 2 aromatic carbocycles. The minimum absolute atomic E-state index is 0.00756. The van der Waals surface area contributed by atoms with Gasteiger partial charge in [0.05, 0.1) is 18.8 Å². The maximum atomic E-state index is 10.1. The van der Waals surface area contributed by atoms with Crippen LogP contribution in [0.15, 0.2) is 39.9 Å². The molecule has 0 unspecified atom stereocenters. The number of phenols is 1. The molecular weight excluding hydrogens is 412 g/mol. The molecule has 2 heterocycles. The third kappa shape index (κ3) is 3.17. The van der Waals surface area contributed by atoms with Crippen LogP contribution in [0.3, 0.4) is 0 Å². The van der Waals surface area contributed by atoms with E-state index in [-0.39, 0.29) is 11.7 Å². The predicted octanol–water partition coefficient (Wildman–Crippen LogP) is 3.74. The lowest BCUT2D eigenvalue weighted by Gasteiger charge is -2.06. The van der Waals surface area contributed by atoms with E-state index in [1.54, 1.807) is 12.1 Å². The van der Waals surface area contributed by atoms with Crippen molar-refractivity contribution in [3.05, 3.63) is 45.9 Å². The molecule has 9 heteroatoms. The molecule has 3 N–H and O–H groups in total. The standard InChI is InChI=1S/C18H15BrN6O2/c1-9-4-3-5-12-14(9)21-17-15(12)23-25-18(22-17)24-20-8-10-6-11(19)7-13(27-2)16(10)26/h3-8,26H,1-2H3,(H2,21,22,24,25)/b20-8+. The maximum absolute atomic E-state index is 10.1. The van der Waals surface area contributed by atoms with Gasteiger partial charge in [0.1, 0.15) is 5.52 Å². The molecule has 4 rings (SSSR count). The zero-order valence-corrected chi connectivity index (χ0v) is 16.1. The average molecular weight is 427 g/mol. The number of aromatic nitrogens is 4. The average Bonchev–Trinajstić information content (AvgIpc) is 3.03. The number of nitrogens with zero attached hydrogens (tertiary/aromatic N) is 4. The number of anilines is 1. The summed E-state index contributed by atoms with van der Waals surface area (Å²) >= 11 is 3.36. The Morgan fingerprint density at radius 2 is 2.15 bits per heavy atom. The Morgan fingerprint density at radius 1 is 1.30 bits per heavy atom. The highest BCUT2D eigenvalue weighted by molar-refractivity contribution is 9.10. The molecule has 0 spiro atoms. The number of methoxy groups -OCH3 is 1. The van der Waals surface area contributed by atoms with Gasteiger partial charge >= 0.3 is 0 Å². The van der Waals surface area contributed by atoms with E-state index in [9.17, 15) is 5.11 Å². The number of para-hydroxylation sites is 1. The molecule has 0 aliphatic rings. The van der Waals surface area contributed by atoms with Crippen LogP contribution in [0.1, 0.15) is 11.1 Å². The SMILES string of the molecule is COc1cc(Br)cc(/C=N/Nc2nnc3c(n2)[nH]c2c(C)cccc23)c1O. The number of aryl methyl sites for hydroxylation is 1. The van der Waals surface area contributed by atoms with Gasteiger partial charge in [0, 0.05) is 15.4 Å². The molecule has 0 atom stereocenters. The van der Waals surface area contributed by atoms with Crippen LogP contribution < -0.4 is 10.2 Å². The Labute approximate surface area is 162 Å². The summed E-state index contributed by atoms with van der Waals surface area (Å²) in [6, 6.07) is 9.35. The van der Waals surface area contributed by atoms with Crippen molar-refractivity contribution < 1.29 is 9.84 Å². The summed E-state index contributed by atoms with van der Waals surface area (Å²) in [7, 11) is 1.48. The molecule has 0 radical (unpaired) electrons. The highest BCUT2D eigenvalue weighted by Crippen LogP contribution is 2.32. The van der Waals surface area contributed by atoms with Gasteiger partial charge in [-0.05, 0) is 24.6 Å². The topological polar surface area (TPSA) is 108 Å². The maximum Gasteiger partial charge on any atom is 0.265 e. The van der Waals surface area contributed by atoms with Gasteiger partial charge in [-0.25, -0.2) is 5.43 Å². The number of halogens is 1. The van der Waals surface area contributed by atoms with Gasteiger partial charge in [0.15, 0.2) is 17.1 Å². The van der Waals surface area contributed by atoms with Crippen molar-refractivity contribution in [2.75, 3.05) is 12.5 Å². The Kier molecular flexibility index (Phi) is 4.36. The molecule has 2 aromatic heterocycles. The Balaban J connectivity index is 1.63. The number of hydrogen-bond donors (Lipinski definition) is 3. The molecule has 0 bridgehead atoms. The first kappa shape index (κ1) is 17.2. The number of benzene rings is 2. The first-order valence-electron chi connectivity index (χ1n) is 8.04. The minimum Gasteiger partial charge on any atom is -0.504 e. The summed E-state index contributed by atoms with van der Waals surface area (Å²) in [6.07, 6.45) is 1.45. The Bertz CT molecular complexity index is 1190. The first-order chi connectivity index (χ1) is 13.1. The molecule has 27 heavy (non-hydrogen) atoms. The molecule has 0 saturated carbocycles. The van der Waals surface area contributed by atoms with Crippen molar-refractivity contribution in [2.45, 2.75) is 6.92 Å². The van der Waals surface area contributed by atoms with Gasteiger partial charge in [-0.1, -0.05) is 34.1 Å². The number of aromatic hydroxyl groups is 1. The molecule has 0 amide bonds. The van der Waals surface area contributed by atoms with E-state index in [0.29, 0.717) is 22.5 Å². The number of fused-ring (bicyclic) bond motifs is 3. The van der Waals surface area contributed by atoms with Crippen molar-refractivity contribution in [3.8, 4) is 11.5 Å². The number of rotatable bonds is 4. The van der Waals surface area contributed by atoms with Crippen LogP contribution >= 0.6 is 15.9 Å². The van der Waals surface area contributed by atoms with Gasteiger partial charge in [-0.3, -0.25) is 0 Å². The fourth-order valence-electron chi connectivity index (χ4n) is 2.80. The Morgan fingerprint density at radius 3 is 2.96 bits per heavy atom. The number of aromatic amines is 1.